The normalized spacial score (nSPS) is 21.2. The Bertz CT molecular complexity index is 455. The molecule has 6 heteroatoms. The summed E-state index contributed by atoms with van der Waals surface area (Å²) >= 11 is 6.40. The van der Waals surface area contributed by atoms with E-state index in [1.54, 1.807) is 6.20 Å². The minimum atomic E-state index is -0.0637. The van der Waals surface area contributed by atoms with Gasteiger partial charge in [-0.1, -0.05) is 24.9 Å². The predicted molar refractivity (Wildman–Crippen MR) is 87.1 cm³/mol. The third kappa shape index (κ3) is 3.11. The Labute approximate surface area is 132 Å². The van der Waals surface area contributed by atoms with Gasteiger partial charge in [0.05, 0.1) is 23.0 Å². The Kier molecular flexibility index (Phi) is 5.66. The highest BCUT2D eigenvalue weighted by molar-refractivity contribution is 6.31. The van der Waals surface area contributed by atoms with Crippen molar-refractivity contribution in [2.45, 2.75) is 64.6 Å². The molecule has 1 aromatic heterocycles. The van der Waals surface area contributed by atoms with Crippen LogP contribution in [0.4, 0.5) is 0 Å². The highest BCUT2D eigenvalue weighted by atomic mass is 35.5. The van der Waals surface area contributed by atoms with Crippen molar-refractivity contribution in [1.29, 1.82) is 0 Å². The van der Waals surface area contributed by atoms with Gasteiger partial charge in [-0.15, -0.1) is 0 Å². The Balaban J connectivity index is 2.38. The van der Waals surface area contributed by atoms with E-state index in [-0.39, 0.29) is 11.6 Å². The highest BCUT2D eigenvalue weighted by Crippen LogP contribution is 2.38. The van der Waals surface area contributed by atoms with Gasteiger partial charge in [0, 0.05) is 12.1 Å². The van der Waals surface area contributed by atoms with Crippen molar-refractivity contribution in [2.24, 2.45) is 5.84 Å². The second kappa shape index (κ2) is 7.09. The minimum Gasteiger partial charge on any atom is -0.296 e. The lowest BCUT2D eigenvalue weighted by molar-refractivity contribution is 0.0397. The number of halogens is 1. The summed E-state index contributed by atoms with van der Waals surface area (Å²) in [7, 11) is 0. The molecule has 120 valence electrons. The van der Waals surface area contributed by atoms with Crippen LogP contribution in [0, 0.1) is 0 Å². The molecular weight excluding hydrogens is 286 g/mol. The lowest BCUT2D eigenvalue weighted by atomic mass is 9.84. The van der Waals surface area contributed by atoms with Crippen LogP contribution in [0.25, 0.3) is 0 Å². The van der Waals surface area contributed by atoms with Gasteiger partial charge >= 0.3 is 0 Å². The number of nitrogens with zero attached hydrogens (tertiary/aromatic N) is 3. The smallest absolute Gasteiger partial charge is 0.0835 e. The van der Waals surface area contributed by atoms with Crippen molar-refractivity contribution in [2.75, 3.05) is 13.1 Å². The molecule has 0 bridgehead atoms. The first-order valence-corrected chi connectivity index (χ1v) is 8.38. The van der Waals surface area contributed by atoms with E-state index in [0.29, 0.717) is 5.02 Å². The fourth-order valence-electron chi connectivity index (χ4n) is 3.48. The van der Waals surface area contributed by atoms with Gasteiger partial charge < -0.3 is 0 Å². The zero-order chi connectivity index (χ0) is 15.5. The Morgan fingerprint density at radius 3 is 2.57 bits per heavy atom. The van der Waals surface area contributed by atoms with Crippen LogP contribution in [-0.4, -0.2) is 33.3 Å². The van der Waals surface area contributed by atoms with Gasteiger partial charge in [-0.3, -0.25) is 15.4 Å². The standard InChI is InChI=1S/C15H28ClN5/c1-4-15(3,20-9-7-6-8-10-20)14(19-17)13-12(16)11-18-21(13)5-2/h11,14,19H,4-10,17H2,1-3H3. The zero-order valence-electron chi connectivity index (χ0n) is 13.4. The minimum absolute atomic E-state index is 0.0319. The summed E-state index contributed by atoms with van der Waals surface area (Å²) in [5.74, 6) is 5.95. The number of aryl methyl sites for hydroxylation is 1. The molecule has 3 N–H and O–H groups in total. The van der Waals surface area contributed by atoms with Crippen LogP contribution < -0.4 is 11.3 Å². The van der Waals surface area contributed by atoms with Gasteiger partial charge in [0.25, 0.3) is 0 Å². The van der Waals surface area contributed by atoms with Crippen molar-refractivity contribution >= 4 is 11.6 Å². The molecule has 1 aliphatic heterocycles. The molecule has 21 heavy (non-hydrogen) atoms. The maximum atomic E-state index is 6.40. The van der Waals surface area contributed by atoms with Crippen LogP contribution >= 0.6 is 11.6 Å². The van der Waals surface area contributed by atoms with E-state index in [0.717, 1.165) is 31.7 Å². The maximum Gasteiger partial charge on any atom is 0.0835 e. The van der Waals surface area contributed by atoms with E-state index in [2.05, 4.69) is 36.2 Å². The molecule has 0 amide bonds. The average Bonchev–Trinajstić information content (AvgIpc) is 2.89. The lowest BCUT2D eigenvalue weighted by Crippen LogP contribution is -2.57. The molecule has 2 atom stereocenters. The van der Waals surface area contributed by atoms with Gasteiger partial charge in [0.2, 0.25) is 0 Å². The molecule has 1 aromatic rings. The van der Waals surface area contributed by atoms with E-state index in [4.69, 9.17) is 17.4 Å². The zero-order valence-corrected chi connectivity index (χ0v) is 14.2. The summed E-state index contributed by atoms with van der Waals surface area (Å²) in [5, 5.41) is 5.06. The largest absolute Gasteiger partial charge is 0.296 e. The topological polar surface area (TPSA) is 59.1 Å². The quantitative estimate of drug-likeness (QED) is 0.626. The first kappa shape index (κ1) is 16.7. The number of hydrogen-bond acceptors (Lipinski definition) is 4. The number of aromatic nitrogens is 2. The number of likely N-dealkylation sites (tertiary alicyclic amines) is 1. The second-order valence-corrected chi connectivity index (χ2v) is 6.46. The van der Waals surface area contributed by atoms with Gasteiger partial charge in [-0.05, 0) is 46.2 Å². The molecule has 5 nitrogen and oxygen atoms in total. The molecule has 2 heterocycles. The third-order valence-electron chi connectivity index (χ3n) is 4.99. The van der Waals surface area contributed by atoms with Crippen LogP contribution in [0.1, 0.15) is 58.2 Å². The number of nitrogens with two attached hydrogens (primary N) is 1. The summed E-state index contributed by atoms with van der Waals surface area (Å²) in [6.45, 7) is 9.62. The van der Waals surface area contributed by atoms with Gasteiger partial charge in [0.1, 0.15) is 0 Å². The van der Waals surface area contributed by atoms with Gasteiger partial charge in [-0.2, -0.15) is 5.10 Å². The van der Waals surface area contributed by atoms with Crippen molar-refractivity contribution in [3.05, 3.63) is 16.9 Å². The van der Waals surface area contributed by atoms with Crippen molar-refractivity contribution < 1.29 is 0 Å². The van der Waals surface area contributed by atoms with Crippen LogP contribution in [0.15, 0.2) is 6.20 Å². The molecule has 0 aliphatic carbocycles. The number of nitrogens with one attached hydrogen (secondary N) is 1. The number of hydrazine groups is 1. The average molecular weight is 314 g/mol. The molecule has 0 radical (unpaired) electrons. The maximum absolute atomic E-state index is 6.40. The number of hydrogen-bond donors (Lipinski definition) is 2. The third-order valence-corrected chi connectivity index (χ3v) is 5.28. The van der Waals surface area contributed by atoms with E-state index in [1.807, 2.05) is 4.68 Å². The summed E-state index contributed by atoms with van der Waals surface area (Å²) in [6, 6.07) is -0.0319. The molecule has 2 unspecified atom stereocenters. The molecule has 0 saturated carbocycles. The Hall–Kier alpha value is -0.620. The molecule has 0 aromatic carbocycles. The summed E-state index contributed by atoms with van der Waals surface area (Å²) in [4.78, 5) is 2.56. The molecular formula is C15H28ClN5. The van der Waals surface area contributed by atoms with E-state index in [9.17, 15) is 0 Å². The number of piperidine rings is 1. The van der Waals surface area contributed by atoms with E-state index in [1.165, 1.54) is 19.3 Å². The van der Waals surface area contributed by atoms with Crippen molar-refractivity contribution in [1.82, 2.24) is 20.1 Å². The van der Waals surface area contributed by atoms with Crippen LogP contribution in [0.5, 0.6) is 0 Å². The summed E-state index contributed by atoms with van der Waals surface area (Å²) in [5.41, 5.74) is 3.96. The molecule has 2 rings (SSSR count). The lowest BCUT2D eigenvalue weighted by Gasteiger charge is -2.47. The second-order valence-electron chi connectivity index (χ2n) is 6.05. The fourth-order valence-corrected chi connectivity index (χ4v) is 3.73. The van der Waals surface area contributed by atoms with Crippen molar-refractivity contribution in [3.63, 3.8) is 0 Å². The Morgan fingerprint density at radius 2 is 2.05 bits per heavy atom. The first-order chi connectivity index (χ1) is 10.1. The van der Waals surface area contributed by atoms with E-state index < -0.39 is 0 Å². The number of rotatable bonds is 6. The molecule has 1 saturated heterocycles. The van der Waals surface area contributed by atoms with Gasteiger partial charge in [0.15, 0.2) is 0 Å². The monoisotopic (exact) mass is 313 g/mol. The highest BCUT2D eigenvalue weighted by Gasteiger charge is 2.41. The summed E-state index contributed by atoms with van der Waals surface area (Å²) < 4.78 is 1.95. The van der Waals surface area contributed by atoms with E-state index >= 15 is 0 Å². The predicted octanol–water partition coefficient (Wildman–Crippen LogP) is 2.72. The molecule has 1 aliphatic rings. The molecule has 0 spiro atoms. The van der Waals surface area contributed by atoms with Crippen LogP contribution in [0.2, 0.25) is 5.02 Å². The van der Waals surface area contributed by atoms with Crippen molar-refractivity contribution in [3.8, 4) is 0 Å². The van der Waals surface area contributed by atoms with Crippen LogP contribution in [0.3, 0.4) is 0 Å². The molecule has 1 fully saturated rings. The summed E-state index contributed by atoms with van der Waals surface area (Å²) in [6.07, 6.45) is 6.57. The Morgan fingerprint density at radius 1 is 1.38 bits per heavy atom. The fraction of sp³-hybridized carbons (Fsp3) is 0.800. The first-order valence-electron chi connectivity index (χ1n) is 8.00. The SMILES string of the molecule is CCn1ncc(Cl)c1C(NN)C(C)(CC)N1CCCCC1. The van der Waals surface area contributed by atoms with Crippen LogP contribution in [-0.2, 0) is 6.54 Å². The van der Waals surface area contributed by atoms with Gasteiger partial charge in [-0.25, -0.2) is 5.43 Å².